The van der Waals surface area contributed by atoms with Crippen LogP contribution in [0.15, 0.2) is 18.2 Å². The first-order chi connectivity index (χ1) is 10.9. The fourth-order valence-electron chi connectivity index (χ4n) is 2.72. The molecule has 5 nitrogen and oxygen atoms in total. The Labute approximate surface area is 138 Å². The van der Waals surface area contributed by atoms with Crippen LogP contribution in [0.5, 0.6) is 5.75 Å². The second-order valence-corrected chi connectivity index (χ2v) is 7.07. The number of thiazole rings is 1. The number of hydrogen-bond acceptors (Lipinski definition) is 5. The van der Waals surface area contributed by atoms with E-state index in [9.17, 15) is 9.59 Å². The predicted octanol–water partition coefficient (Wildman–Crippen LogP) is 3.13. The van der Waals surface area contributed by atoms with Crippen molar-refractivity contribution >= 4 is 28.7 Å². The Morgan fingerprint density at radius 2 is 2.13 bits per heavy atom. The molecule has 0 spiro atoms. The van der Waals surface area contributed by atoms with Gasteiger partial charge in [-0.05, 0) is 45.9 Å². The number of anilines is 1. The highest BCUT2D eigenvalue weighted by Gasteiger charge is 2.32. The first-order valence-electron chi connectivity index (χ1n) is 7.42. The molecule has 3 rings (SSSR count). The molecule has 0 aliphatic carbocycles. The van der Waals surface area contributed by atoms with Gasteiger partial charge in [0.1, 0.15) is 5.75 Å². The lowest BCUT2D eigenvalue weighted by molar-refractivity contribution is -0.125. The van der Waals surface area contributed by atoms with Crippen LogP contribution in [-0.4, -0.2) is 29.3 Å². The van der Waals surface area contributed by atoms with Gasteiger partial charge in [0.25, 0.3) is 5.91 Å². The van der Waals surface area contributed by atoms with E-state index in [1.807, 2.05) is 32.0 Å². The van der Waals surface area contributed by atoms with E-state index in [0.29, 0.717) is 11.4 Å². The maximum absolute atomic E-state index is 12.3. The van der Waals surface area contributed by atoms with E-state index in [1.54, 1.807) is 18.3 Å². The lowest BCUT2D eigenvalue weighted by Gasteiger charge is -2.33. The Bertz CT molecular complexity index is 797. The molecule has 1 atom stereocenters. The van der Waals surface area contributed by atoms with Crippen LogP contribution >= 0.6 is 11.3 Å². The minimum Gasteiger partial charge on any atom is -0.482 e. The summed E-state index contributed by atoms with van der Waals surface area (Å²) in [6, 6.07) is 5.14. The first kappa shape index (κ1) is 15.7. The average Bonchev–Trinajstić information content (AvgIpc) is 2.84. The Kier molecular flexibility index (Phi) is 3.93. The number of carbonyl (C=O) groups excluding carboxylic acids is 2. The van der Waals surface area contributed by atoms with Crippen LogP contribution in [0, 0.1) is 13.8 Å². The van der Waals surface area contributed by atoms with Gasteiger partial charge in [-0.2, -0.15) is 0 Å². The molecule has 1 aliphatic rings. The van der Waals surface area contributed by atoms with Crippen molar-refractivity contribution in [1.29, 1.82) is 0 Å². The van der Waals surface area contributed by atoms with Crippen LogP contribution in [0.2, 0.25) is 0 Å². The van der Waals surface area contributed by atoms with E-state index in [2.05, 4.69) is 4.98 Å². The molecule has 1 aromatic heterocycles. The van der Waals surface area contributed by atoms with Crippen molar-refractivity contribution in [1.82, 2.24) is 4.98 Å². The molecule has 1 aliphatic heterocycles. The third kappa shape index (κ3) is 2.74. The fourth-order valence-corrected chi connectivity index (χ4v) is 3.56. The summed E-state index contributed by atoms with van der Waals surface area (Å²) in [5.41, 5.74) is 2.46. The zero-order chi connectivity index (χ0) is 16.7. The SMILES string of the molecule is CC(=O)C(C)N1C(=O)COc2ccc(-c3nc(C)sc3C)cc21. The molecular formula is C17H18N2O3S. The monoisotopic (exact) mass is 330 g/mol. The van der Waals surface area contributed by atoms with Crippen molar-refractivity contribution in [2.24, 2.45) is 0 Å². The Hall–Kier alpha value is -2.21. The van der Waals surface area contributed by atoms with Crippen LogP contribution in [0.25, 0.3) is 11.3 Å². The predicted molar refractivity (Wildman–Crippen MR) is 90.1 cm³/mol. The summed E-state index contributed by atoms with van der Waals surface area (Å²) < 4.78 is 5.50. The molecule has 1 unspecified atom stereocenters. The van der Waals surface area contributed by atoms with Crippen LogP contribution in [0.1, 0.15) is 23.7 Å². The number of ketones is 1. The summed E-state index contributed by atoms with van der Waals surface area (Å²) in [5.74, 6) is 0.354. The van der Waals surface area contributed by atoms with Gasteiger partial charge in [-0.25, -0.2) is 4.98 Å². The van der Waals surface area contributed by atoms with E-state index in [4.69, 9.17) is 4.74 Å². The third-order valence-electron chi connectivity index (χ3n) is 3.99. The molecule has 1 aromatic carbocycles. The van der Waals surface area contributed by atoms with Crippen LogP contribution < -0.4 is 9.64 Å². The fraction of sp³-hybridized carbons (Fsp3) is 0.353. The molecule has 0 bridgehead atoms. The molecule has 0 saturated heterocycles. The highest BCUT2D eigenvalue weighted by Crippen LogP contribution is 2.38. The van der Waals surface area contributed by atoms with E-state index in [-0.39, 0.29) is 18.3 Å². The number of hydrogen-bond donors (Lipinski definition) is 0. The number of carbonyl (C=O) groups is 2. The maximum atomic E-state index is 12.3. The molecule has 120 valence electrons. The van der Waals surface area contributed by atoms with Gasteiger partial charge in [0.2, 0.25) is 0 Å². The minimum atomic E-state index is -0.515. The van der Waals surface area contributed by atoms with Gasteiger partial charge >= 0.3 is 0 Å². The standard InChI is InChI=1S/C17H18N2O3S/c1-9(10(2)20)19-14-7-13(17-11(3)23-12(4)18-17)5-6-15(14)22-8-16(19)21/h5-7,9H,8H2,1-4H3. The molecular weight excluding hydrogens is 312 g/mol. The topological polar surface area (TPSA) is 59.5 Å². The summed E-state index contributed by atoms with van der Waals surface area (Å²) in [6.45, 7) is 7.18. The molecule has 1 amide bonds. The van der Waals surface area contributed by atoms with Gasteiger partial charge in [0.05, 0.1) is 22.4 Å². The van der Waals surface area contributed by atoms with Crippen molar-refractivity contribution in [2.45, 2.75) is 33.7 Å². The van der Waals surface area contributed by atoms with Crippen molar-refractivity contribution in [3.8, 4) is 17.0 Å². The largest absolute Gasteiger partial charge is 0.482 e. The highest BCUT2D eigenvalue weighted by atomic mass is 32.1. The number of Topliss-reactive ketones (excluding diaryl/α,β-unsaturated/α-hetero) is 1. The lowest BCUT2D eigenvalue weighted by atomic mass is 10.1. The summed E-state index contributed by atoms with van der Waals surface area (Å²) in [6.07, 6.45) is 0. The van der Waals surface area contributed by atoms with Gasteiger partial charge < -0.3 is 4.74 Å². The number of fused-ring (bicyclic) bond motifs is 1. The number of aryl methyl sites for hydroxylation is 2. The average molecular weight is 330 g/mol. The summed E-state index contributed by atoms with van der Waals surface area (Å²) in [7, 11) is 0. The van der Waals surface area contributed by atoms with Crippen molar-refractivity contribution in [2.75, 3.05) is 11.5 Å². The molecule has 6 heteroatoms. The van der Waals surface area contributed by atoms with Gasteiger partial charge in [-0.3, -0.25) is 14.5 Å². The molecule has 0 radical (unpaired) electrons. The van der Waals surface area contributed by atoms with Crippen molar-refractivity contribution < 1.29 is 14.3 Å². The molecule has 0 N–H and O–H groups in total. The van der Waals surface area contributed by atoms with Gasteiger partial charge in [-0.1, -0.05) is 0 Å². The highest BCUT2D eigenvalue weighted by molar-refractivity contribution is 7.11. The second-order valence-electron chi connectivity index (χ2n) is 5.66. The van der Waals surface area contributed by atoms with E-state index >= 15 is 0 Å². The van der Waals surface area contributed by atoms with Crippen LogP contribution in [-0.2, 0) is 9.59 Å². The summed E-state index contributed by atoms with van der Waals surface area (Å²) >= 11 is 1.64. The molecule has 23 heavy (non-hydrogen) atoms. The normalized spacial score (nSPS) is 15.1. The third-order valence-corrected chi connectivity index (χ3v) is 4.88. The maximum Gasteiger partial charge on any atom is 0.265 e. The summed E-state index contributed by atoms with van der Waals surface area (Å²) in [4.78, 5) is 31.2. The van der Waals surface area contributed by atoms with Gasteiger partial charge in [0, 0.05) is 10.4 Å². The van der Waals surface area contributed by atoms with E-state index in [0.717, 1.165) is 21.1 Å². The lowest BCUT2D eigenvalue weighted by Crippen LogP contribution is -2.47. The molecule has 2 aromatic rings. The number of rotatable bonds is 3. The number of nitrogens with zero attached hydrogens (tertiary/aromatic N) is 2. The van der Waals surface area contributed by atoms with E-state index < -0.39 is 6.04 Å². The van der Waals surface area contributed by atoms with Gasteiger partial charge in [0.15, 0.2) is 12.4 Å². The number of ether oxygens (including phenoxy) is 1. The minimum absolute atomic E-state index is 0.0429. The number of benzene rings is 1. The Morgan fingerprint density at radius 3 is 2.74 bits per heavy atom. The zero-order valence-corrected chi connectivity index (χ0v) is 14.4. The first-order valence-corrected chi connectivity index (χ1v) is 8.24. The Balaban J connectivity index is 2.11. The van der Waals surface area contributed by atoms with Crippen LogP contribution in [0.3, 0.4) is 0 Å². The molecule has 0 saturated carbocycles. The molecule has 2 heterocycles. The number of amides is 1. The van der Waals surface area contributed by atoms with Crippen molar-refractivity contribution in [3.05, 3.63) is 28.1 Å². The van der Waals surface area contributed by atoms with E-state index in [1.165, 1.54) is 11.8 Å². The second kappa shape index (κ2) is 5.77. The van der Waals surface area contributed by atoms with Gasteiger partial charge in [-0.15, -0.1) is 11.3 Å². The van der Waals surface area contributed by atoms with Crippen LogP contribution in [0.4, 0.5) is 5.69 Å². The molecule has 0 fully saturated rings. The quantitative estimate of drug-likeness (QED) is 0.867. The summed E-state index contributed by atoms with van der Waals surface area (Å²) in [5, 5.41) is 0.997. The van der Waals surface area contributed by atoms with Crippen molar-refractivity contribution in [3.63, 3.8) is 0 Å². The Morgan fingerprint density at radius 1 is 1.39 bits per heavy atom. The number of aromatic nitrogens is 1. The smallest absolute Gasteiger partial charge is 0.265 e. The zero-order valence-electron chi connectivity index (χ0n) is 13.5.